The molecule has 1 heterocycles. The first-order valence-electron chi connectivity index (χ1n) is 4.97. The zero-order valence-electron chi connectivity index (χ0n) is 8.89. The van der Waals surface area contributed by atoms with Crippen LogP contribution in [0.25, 0.3) is 0 Å². The largest absolute Gasteiger partial charge is 0.465 e. The highest BCUT2D eigenvalue weighted by Gasteiger charge is 2.31. The Kier molecular flexibility index (Phi) is 4.80. The van der Waals surface area contributed by atoms with Crippen LogP contribution in [0.2, 0.25) is 0 Å². The van der Waals surface area contributed by atoms with E-state index >= 15 is 0 Å². The molecule has 1 rings (SSSR count). The van der Waals surface area contributed by atoms with Crippen molar-refractivity contribution in [2.45, 2.75) is 12.5 Å². The zero-order chi connectivity index (χ0) is 11.3. The van der Waals surface area contributed by atoms with E-state index in [2.05, 4.69) is 0 Å². The average Bonchev–Trinajstić information content (AvgIpc) is 2.25. The number of nitrogens with zero attached hydrogens (tertiary/aromatic N) is 1. The van der Waals surface area contributed by atoms with Crippen LogP contribution in [0.1, 0.15) is 6.42 Å². The Balaban J connectivity index is 2.49. The van der Waals surface area contributed by atoms with Crippen LogP contribution < -0.4 is 5.73 Å². The SMILES string of the molecule is COCOC1CN(C(=O)O)CCC1CN. The lowest BCUT2D eigenvalue weighted by Gasteiger charge is -2.36. The van der Waals surface area contributed by atoms with E-state index in [-0.39, 0.29) is 18.8 Å². The summed E-state index contributed by atoms with van der Waals surface area (Å²) in [7, 11) is 1.54. The molecule has 0 bridgehead atoms. The summed E-state index contributed by atoms with van der Waals surface area (Å²) in [6.07, 6.45) is -0.312. The summed E-state index contributed by atoms with van der Waals surface area (Å²) in [5.41, 5.74) is 5.60. The summed E-state index contributed by atoms with van der Waals surface area (Å²) >= 11 is 0. The Bertz CT molecular complexity index is 212. The maximum Gasteiger partial charge on any atom is 0.407 e. The van der Waals surface area contributed by atoms with E-state index < -0.39 is 6.09 Å². The molecule has 15 heavy (non-hydrogen) atoms. The van der Waals surface area contributed by atoms with Crippen molar-refractivity contribution >= 4 is 6.09 Å². The standard InChI is InChI=1S/C9H18N2O4/c1-14-6-15-8-5-11(9(12)13)3-2-7(8)4-10/h7-8H,2-6,10H2,1H3,(H,12,13). The molecule has 1 saturated heterocycles. The van der Waals surface area contributed by atoms with Crippen molar-refractivity contribution in [1.82, 2.24) is 4.90 Å². The molecule has 1 fully saturated rings. The Labute approximate surface area is 88.9 Å². The molecule has 0 aliphatic carbocycles. The second-order valence-corrected chi connectivity index (χ2v) is 3.62. The van der Waals surface area contributed by atoms with Gasteiger partial charge in [0.25, 0.3) is 0 Å². The van der Waals surface area contributed by atoms with Gasteiger partial charge in [-0.25, -0.2) is 4.79 Å². The van der Waals surface area contributed by atoms with E-state index in [0.717, 1.165) is 6.42 Å². The van der Waals surface area contributed by atoms with Crippen LogP contribution in [-0.2, 0) is 9.47 Å². The number of carboxylic acid groups (broad SMARTS) is 1. The molecule has 0 aromatic heterocycles. The summed E-state index contributed by atoms with van der Waals surface area (Å²) in [6.45, 7) is 1.60. The van der Waals surface area contributed by atoms with Gasteiger partial charge in [-0.1, -0.05) is 0 Å². The molecule has 2 atom stereocenters. The third kappa shape index (κ3) is 3.33. The minimum atomic E-state index is -0.906. The van der Waals surface area contributed by atoms with Crippen molar-refractivity contribution in [1.29, 1.82) is 0 Å². The monoisotopic (exact) mass is 218 g/mol. The molecule has 0 aromatic rings. The maximum atomic E-state index is 10.8. The van der Waals surface area contributed by atoms with Gasteiger partial charge in [0.1, 0.15) is 6.79 Å². The number of methoxy groups -OCH3 is 1. The molecular weight excluding hydrogens is 200 g/mol. The van der Waals surface area contributed by atoms with Gasteiger partial charge in [-0.3, -0.25) is 0 Å². The molecule has 6 nitrogen and oxygen atoms in total. The van der Waals surface area contributed by atoms with E-state index in [9.17, 15) is 4.79 Å². The van der Waals surface area contributed by atoms with Gasteiger partial charge < -0.3 is 25.2 Å². The quantitative estimate of drug-likeness (QED) is 0.645. The zero-order valence-corrected chi connectivity index (χ0v) is 8.89. The van der Waals surface area contributed by atoms with Crippen LogP contribution in [0, 0.1) is 5.92 Å². The van der Waals surface area contributed by atoms with Gasteiger partial charge in [-0.05, 0) is 13.0 Å². The molecule has 1 aliphatic heterocycles. The fourth-order valence-corrected chi connectivity index (χ4v) is 1.75. The molecule has 1 amide bonds. The minimum absolute atomic E-state index is 0.153. The summed E-state index contributed by atoms with van der Waals surface area (Å²) in [5.74, 6) is 0.218. The van der Waals surface area contributed by atoms with E-state index in [0.29, 0.717) is 19.6 Å². The number of amides is 1. The second kappa shape index (κ2) is 5.89. The molecule has 6 heteroatoms. The number of hydrogen-bond donors (Lipinski definition) is 2. The Morgan fingerprint density at radius 1 is 1.67 bits per heavy atom. The number of likely N-dealkylation sites (tertiary alicyclic amines) is 1. The van der Waals surface area contributed by atoms with Gasteiger partial charge in [0, 0.05) is 19.6 Å². The Hall–Kier alpha value is -0.850. The van der Waals surface area contributed by atoms with Crippen LogP contribution in [0.3, 0.4) is 0 Å². The Morgan fingerprint density at radius 3 is 2.93 bits per heavy atom. The normalized spacial score (nSPS) is 26.7. The van der Waals surface area contributed by atoms with E-state index in [4.69, 9.17) is 20.3 Å². The average molecular weight is 218 g/mol. The van der Waals surface area contributed by atoms with Crippen molar-refractivity contribution in [3.63, 3.8) is 0 Å². The molecule has 88 valence electrons. The van der Waals surface area contributed by atoms with Crippen LogP contribution in [0.4, 0.5) is 4.79 Å². The third-order valence-corrected chi connectivity index (χ3v) is 2.67. The van der Waals surface area contributed by atoms with Crippen LogP contribution in [-0.4, -0.2) is 55.7 Å². The second-order valence-electron chi connectivity index (χ2n) is 3.62. The molecule has 2 unspecified atom stereocenters. The van der Waals surface area contributed by atoms with Crippen LogP contribution >= 0.6 is 0 Å². The molecule has 0 aromatic carbocycles. The first kappa shape index (κ1) is 12.2. The first-order valence-corrected chi connectivity index (χ1v) is 4.97. The summed E-state index contributed by atoms with van der Waals surface area (Å²) in [6, 6.07) is 0. The van der Waals surface area contributed by atoms with Gasteiger partial charge in [0.05, 0.1) is 12.6 Å². The van der Waals surface area contributed by atoms with E-state index in [1.54, 1.807) is 0 Å². The van der Waals surface area contributed by atoms with E-state index in [1.807, 2.05) is 0 Å². The third-order valence-electron chi connectivity index (χ3n) is 2.67. The number of carbonyl (C=O) groups is 1. The lowest BCUT2D eigenvalue weighted by atomic mass is 9.94. The highest BCUT2D eigenvalue weighted by Crippen LogP contribution is 2.19. The summed E-state index contributed by atoms with van der Waals surface area (Å²) in [5, 5.41) is 8.85. The molecule has 1 aliphatic rings. The molecule has 0 radical (unpaired) electrons. The van der Waals surface area contributed by atoms with Gasteiger partial charge in [-0.2, -0.15) is 0 Å². The minimum Gasteiger partial charge on any atom is -0.465 e. The topological polar surface area (TPSA) is 85.0 Å². The van der Waals surface area contributed by atoms with Crippen LogP contribution in [0.5, 0.6) is 0 Å². The number of piperidine rings is 1. The summed E-state index contributed by atoms with van der Waals surface area (Å²) in [4.78, 5) is 12.1. The van der Waals surface area contributed by atoms with Crippen molar-refractivity contribution in [2.24, 2.45) is 11.7 Å². The lowest BCUT2D eigenvalue weighted by Crippen LogP contribution is -2.49. The van der Waals surface area contributed by atoms with Crippen molar-refractivity contribution in [2.75, 3.05) is 33.5 Å². The Morgan fingerprint density at radius 2 is 2.40 bits per heavy atom. The van der Waals surface area contributed by atoms with E-state index in [1.165, 1.54) is 12.0 Å². The highest BCUT2D eigenvalue weighted by molar-refractivity contribution is 5.65. The number of rotatable bonds is 4. The fraction of sp³-hybridized carbons (Fsp3) is 0.889. The number of ether oxygens (including phenoxy) is 2. The number of hydrogen-bond acceptors (Lipinski definition) is 4. The van der Waals surface area contributed by atoms with Gasteiger partial charge in [0.15, 0.2) is 0 Å². The lowest BCUT2D eigenvalue weighted by molar-refractivity contribution is -0.108. The predicted octanol–water partition coefficient (Wildman–Crippen LogP) is -0.0659. The molecular formula is C9H18N2O4. The van der Waals surface area contributed by atoms with Gasteiger partial charge in [-0.15, -0.1) is 0 Å². The maximum absolute atomic E-state index is 10.8. The van der Waals surface area contributed by atoms with Crippen molar-refractivity contribution in [3.8, 4) is 0 Å². The van der Waals surface area contributed by atoms with Crippen LogP contribution in [0.15, 0.2) is 0 Å². The van der Waals surface area contributed by atoms with Gasteiger partial charge >= 0.3 is 6.09 Å². The van der Waals surface area contributed by atoms with Crippen molar-refractivity contribution in [3.05, 3.63) is 0 Å². The fourth-order valence-electron chi connectivity index (χ4n) is 1.75. The first-order chi connectivity index (χ1) is 7.19. The van der Waals surface area contributed by atoms with Crippen molar-refractivity contribution < 1.29 is 19.4 Å². The highest BCUT2D eigenvalue weighted by atomic mass is 16.7. The molecule has 0 spiro atoms. The molecule has 3 N–H and O–H groups in total. The molecule has 0 saturated carbocycles. The smallest absolute Gasteiger partial charge is 0.407 e. The summed E-state index contributed by atoms with van der Waals surface area (Å²) < 4.78 is 10.2. The predicted molar refractivity (Wildman–Crippen MR) is 53.5 cm³/mol. The number of nitrogens with two attached hydrogens (primary N) is 1. The van der Waals surface area contributed by atoms with Gasteiger partial charge in [0.2, 0.25) is 0 Å².